The molecule has 6 rings (SSSR count). The zero-order valence-electron chi connectivity index (χ0n) is 26.6. The molecule has 1 aliphatic carbocycles. The molecule has 0 radical (unpaired) electrons. The molecule has 1 heterocycles. The molecule has 9 nitrogen and oxygen atoms in total. The number of nitrogens with one attached hydrogen (secondary N) is 1. The van der Waals surface area contributed by atoms with Crippen LogP contribution in [0, 0.1) is 0 Å². The molecule has 0 atom stereocenters. The molecule has 46 heavy (non-hydrogen) atoms. The smallest absolute Gasteiger partial charge is 0.161 e. The van der Waals surface area contributed by atoms with E-state index in [-0.39, 0.29) is 19.0 Å². The first-order valence-electron chi connectivity index (χ1n) is 14.7. The van der Waals surface area contributed by atoms with Gasteiger partial charge in [-0.05, 0) is 67.7 Å². The quantitative estimate of drug-likeness (QED) is 0.135. The first-order valence-corrected chi connectivity index (χ1v) is 14.7. The number of nitrogens with zero attached hydrogens (tertiary/aromatic N) is 2. The average Bonchev–Trinajstić information content (AvgIpc) is 3.57. The number of likely N-dealkylation sites (N-methyl/N-ethyl adjacent to an activating group) is 1. The van der Waals surface area contributed by atoms with Crippen LogP contribution in [0.3, 0.4) is 0 Å². The first-order chi connectivity index (χ1) is 22.0. The summed E-state index contributed by atoms with van der Waals surface area (Å²) in [4.78, 5) is 11.7. The van der Waals surface area contributed by atoms with Crippen molar-refractivity contribution < 1.29 is 28.5 Å². The molecule has 0 saturated carbocycles. The number of ether oxygens (including phenoxy) is 5. The van der Waals surface area contributed by atoms with Crippen molar-refractivity contribution in [2.75, 3.05) is 48.6 Å². The molecule has 4 aromatic carbocycles. The van der Waals surface area contributed by atoms with E-state index in [9.17, 15) is 0 Å². The summed E-state index contributed by atoms with van der Waals surface area (Å²) in [7, 11) is 8.94. The standard InChI is InChI=1S/C36H37N3O6.ClH/c1-39(2)15-16-43-25-12-13-29-28(18-25)34-35(37-29)26-19-32(41-4)33(42-5)20-27(26)36(34)38-45-22-24-11-14-30(31(17-24)40-3)44-21-23-9-7-6-8-10-23;/h6-14,17-20,37H,15-16,21-22H2,1-5H3;1H. The molecular formula is C36H38ClN3O6. The van der Waals surface area contributed by atoms with Crippen molar-refractivity contribution in [2.24, 2.45) is 5.16 Å². The second-order valence-corrected chi connectivity index (χ2v) is 11.0. The fourth-order valence-electron chi connectivity index (χ4n) is 5.39. The van der Waals surface area contributed by atoms with Crippen LogP contribution >= 0.6 is 12.4 Å². The molecule has 1 N–H and O–H groups in total. The number of benzene rings is 4. The van der Waals surface area contributed by atoms with Gasteiger partial charge in [-0.15, -0.1) is 12.4 Å². The Morgan fingerprint density at radius 3 is 2.13 bits per heavy atom. The molecule has 1 aromatic heterocycles. The van der Waals surface area contributed by atoms with E-state index in [1.165, 1.54) is 0 Å². The van der Waals surface area contributed by atoms with Crippen LogP contribution in [0.25, 0.3) is 22.2 Å². The second kappa shape index (κ2) is 14.5. The Morgan fingerprint density at radius 2 is 1.41 bits per heavy atom. The third-order valence-electron chi connectivity index (χ3n) is 7.71. The fourth-order valence-corrected chi connectivity index (χ4v) is 5.39. The van der Waals surface area contributed by atoms with Gasteiger partial charge in [0.05, 0.1) is 27.0 Å². The summed E-state index contributed by atoms with van der Waals surface area (Å²) in [6, 6.07) is 25.7. The molecule has 0 unspecified atom stereocenters. The molecular weight excluding hydrogens is 606 g/mol. The van der Waals surface area contributed by atoms with Crippen LogP contribution in [0.15, 0.2) is 84.0 Å². The Morgan fingerprint density at radius 1 is 0.696 bits per heavy atom. The molecule has 5 aromatic rings. The van der Waals surface area contributed by atoms with E-state index in [0.29, 0.717) is 41.9 Å². The van der Waals surface area contributed by atoms with Gasteiger partial charge < -0.3 is 38.4 Å². The third-order valence-corrected chi connectivity index (χ3v) is 7.71. The van der Waals surface area contributed by atoms with Gasteiger partial charge in [0.1, 0.15) is 31.3 Å². The SMILES string of the molecule is COc1cc2c(cc1OC)-c1[nH]c3ccc(OCCN(C)C)cc3c1C2=NOCc1ccc(OCc2ccccc2)c(OC)c1.Cl. The highest BCUT2D eigenvalue weighted by molar-refractivity contribution is 6.30. The number of oxime groups is 1. The van der Waals surface area contributed by atoms with Gasteiger partial charge >= 0.3 is 0 Å². The minimum absolute atomic E-state index is 0. The Balaban J connectivity index is 0.00000417. The van der Waals surface area contributed by atoms with E-state index < -0.39 is 0 Å². The lowest BCUT2D eigenvalue weighted by molar-refractivity contribution is 0.130. The van der Waals surface area contributed by atoms with E-state index in [2.05, 4.69) is 16.0 Å². The van der Waals surface area contributed by atoms with Crippen molar-refractivity contribution in [3.63, 3.8) is 0 Å². The zero-order valence-corrected chi connectivity index (χ0v) is 27.4. The summed E-state index contributed by atoms with van der Waals surface area (Å²) in [5.41, 5.74) is 7.37. The number of methoxy groups -OCH3 is 3. The Hall–Kier alpha value is -4.86. The lowest BCUT2D eigenvalue weighted by Gasteiger charge is -2.13. The molecule has 240 valence electrons. The number of halogens is 1. The number of fused-ring (bicyclic) bond motifs is 5. The fraction of sp³-hybridized carbons (Fsp3) is 0.250. The number of aromatic amines is 1. The van der Waals surface area contributed by atoms with E-state index in [0.717, 1.165) is 56.7 Å². The zero-order chi connectivity index (χ0) is 31.3. The molecule has 0 fully saturated rings. The number of H-pyrrole nitrogens is 1. The highest BCUT2D eigenvalue weighted by Crippen LogP contribution is 2.46. The van der Waals surface area contributed by atoms with Crippen LogP contribution in [0.1, 0.15) is 22.3 Å². The van der Waals surface area contributed by atoms with Crippen LogP contribution in [-0.4, -0.2) is 64.2 Å². The van der Waals surface area contributed by atoms with E-state index >= 15 is 0 Å². The van der Waals surface area contributed by atoms with Crippen LogP contribution in [0.5, 0.6) is 28.7 Å². The average molecular weight is 644 g/mol. The van der Waals surface area contributed by atoms with Gasteiger partial charge in [-0.2, -0.15) is 0 Å². The van der Waals surface area contributed by atoms with Crippen LogP contribution in [0.2, 0.25) is 0 Å². The number of hydrogen-bond acceptors (Lipinski definition) is 8. The Bertz CT molecular complexity index is 1840. The molecule has 0 aliphatic heterocycles. The predicted octanol–water partition coefficient (Wildman–Crippen LogP) is 7.08. The maximum absolute atomic E-state index is 6.06. The molecule has 0 bridgehead atoms. The molecule has 0 spiro atoms. The normalized spacial score (nSPS) is 12.4. The van der Waals surface area contributed by atoms with Gasteiger partial charge in [-0.1, -0.05) is 41.6 Å². The highest BCUT2D eigenvalue weighted by atomic mass is 35.5. The van der Waals surface area contributed by atoms with Gasteiger partial charge in [0, 0.05) is 34.1 Å². The minimum Gasteiger partial charge on any atom is -0.493 e. The monoisotopic (exact) mass is 643 g/mol. The van der Waals surface area contributed by atoms with E-state index in [1.807, 2.05) is 86.9 Å². The topological polar surface area (TPSA) is 86.8 Å². The number of rotatable bonds is 13. The maximum Gasteiger partial charge on any atom is 0.161 e. The van der Waals surface area contributed by atoms with Crippen molar-refractivity contribution in [3.05, 3.63) is 101 Å². The van der Waals surface area contributed by atoms with Crippen molar-refractivity contribution in [2.45, 2.75) is 13.2 Å². The van der Waals surface area contributed by atoms with Gasteiger partial charge in [-0.25, -0.2) is 0 Å². The highest BCUT2D eigenvalue weighted by Gasteiger charge is 2.32. The number of aromatic nitrogens is 1. The maximum atomic E-state index is 6.06. The summed E-state index contributed by atoms with van der Waals surface area (Å²) >= 11 is 0. The predicted molar refractivity (Wildman–Crippen MR) is 182 cm³/mol. The largest absolute Gasteiger partial charge is 0.493 e. The van der Waals surface area contributed by atoms with Gasteiger partial charge in [-0.3, -0.25) is 0 Å². The lowest BCUT2D eigenvalue weighted by atomic mass is 10.1. The number of hydrogen-bond donors (Lipinski definition) is 1. The summed E-state index contributed by atoms with van der Waals surface area (Å²) in [5.74, 6) is 3.33. The summed E-state index contributed by atoms with van der Waals surface area (Å²) < 4.78 is 29.0. The second-order valence-electron chi connectivity index (χ2n) is 11.0. The lowest BCUT2D eigenvalue weighted by Crippen LogP contribution is -2.19. The van der Waals surface area contributed by atoms with Crippen LogP contribution in [0.4, 0.5) is 0 Å². The molecule has 10 heteroatoms. The van der Waals surface area contributed by atoms with E-state index in [4.69, 9.17) is 33.7 Å². The van der Waals surface area contributed by atoms with Gasteiger partial charge in [0.2, 0.25) is 0 Å². The Kier molecular flexibility index (Phi) is 10.2. The van der Waals surface area contributed by atoms with Crippen molar-refractivity contribution in [1.82, 2.24) is 9.88 Å². The van der Waals surface area contributed by atoms with Crippen molar-refractivity contribution in [3.8, 4) is 40.0 Å². The van der Waals surface area contributed by atoms with Crippen LogP contribution < -0.4 is 23.7 Å². The molecule has 0 saturated heterocycles. The Labute approximate surface area is 275 Å². The summed E-state index contributed by atoms with van der Waals surface area (Å²) in [5, 5.41) is 5.70. The van der Waals surface area contributed by atoms with E-state index in [1.54, 1.807) is 21.3 Å². The molecule has 1 aliphatic rings. The summed E-state index contributed by atoms with van der Waals surface area (Å²) in [6.45, 7) is 2.09. The molecule has 0 amide bonds. The van der Waals surface area contributed by atoms with Gasteiger partial charge in [0.25, 0.3) is 0 Å². The first kappa shape index (κ1) is 32.5. The van der Waals surface area contributed by atoms with Gasteiger partial charge in [0.15, 0.2) is 23.0 Å². The third kappa shape index (κ3) is 6.71. The van der Waals surface area contributed by atoms with Crippen molar-refractivity contribution >= 4 is 29.0 Å². The van der Waals surface area contributed by atoms with Crippen molar-refractivity contribution in [1.29, 1.82) is 0 Å². The van der Waals surface area contributed by atoms with Crippen LogP contribution in [-0.2, 0) is 18.1 Å². The summed E-state index contributed by atoms with van der Waals surface area (Å²) in [6.07, 6.45) is 0. The minimum atomic E-state index is 0.